The molecule has 4 rings (SSSR count). The summed E-state index contributed by atoms with van der Waals surface area (Å²) in [5.41, 5.74) is 1.15. The van der Waals surface area contributed by atoms with Crippen LogP contribution in [0.15, 0.2) is 59.1 Å². The van der Waals surface area contributed by atoms with Gasteiger partial charge >= 0.3 is 5.97 Å². The predicted octanol–water partition coefficient (Wildman–Crippen LogP) is 5.69. The van der Waals surface area contributed by atoms with Crippen molar-refractivity contribution in [1.82, 2.24) is 4.90 Å². The molecule has 0 aliphatic carbocycles. The van der Waals surface area contributed by atoms with Crippen molar-refractivity contribution in [2.75, 3.05) is 6.54 Å². The number of hydrogen-bond acceptors (Lipinski definition) is 3. The number of carbonyl (C=O) groups is 1. The summed E-state index contributed by atoms with van der Waals surface area (Å²) in [4.78, 5) is 15.3. The van der Waals surface area contributed by atoms with Crippen LogP contribution in [0.3, 0.4) is 0 Å². The lowest BCUT2D eigenvalue weighted by atomic mass is 9.95. The van der Waals surface area contributed by atoms with Gasteiger partial charge in [0.2, 0.25) is 0 Å². The van der Waals surface area contributed by atoms with Gasteiger partial charge in [0.05, 0.1) is 6.04 Å². The van der Waals surface area contributed by atoms with Crippen molar-refractivity contribution in [3.8, 4) is 0 Å². The first kappa shape index (κ1) is 17.7. The van der Waals surface area contributed by atoms with Crippen molar-refractivity contribution >= 4 is 43.3 Å². The third kappa shape index (κ3) is 3.43. The van der Waals surface area contributed by atoms with Crippen molar-refractivity contribution in [1.29, 1.82) is 0 Å². The maximum Gasteiger partial charge on any atom is 0.320 e. The first-order valence-electron chi connectivity index (χ1n) is 8.86. The van der Waals surface area contributed by atoms with Crippen LogP contribution in [0.5, 0.6) is 0 Å². The van der Waals surface area contributed by atoms with Crippen LogP contribution in [0.2, 0.25) is 0 Å². The first-order chi connectivity index (χ1) is 12.6. The topological polar surface area (TPSA) is 40.5 Å². The number of likely N-dealkylation sites (tertiary alicyclic amines) is 1. The minimum atomic E-state index is -0.715. The average Bonchev–Trinajstić information content (AvgIpc) is 3.07. The number of carboxylic acid groups (broad SMARTS) is 1. The number of carboxylic acids is 1. The fourth-order valence-electron chi connectivity index (χ4n) is 3.83. The Labute approximate surface area is 165 Å². The Kier molecular flexibility index (Phi) is 5.11. The SMILES string of the molecule is O=C(O)C1CCCCN1C(c1ccc(Br)cc1)c1cc2ccccc2s1. The molecule has 1 fully saturated rings. The molecule has 1 saturated heterocycles. The van der Waals surface area contributed by atoms with E-state index in [2.05, 4.69) is 63.3 Å². The summed E-state index contributed by atoms with van der Waals surface area (Å²) in [5, 5.41) is 11.0. The van der Waals surface area contributed by atoms with Crippen molar-refractivity contribution in [3.63, 3.8) is 0 Å². The fraction of sp³-hybridized carbons (Fsp3) is 0.286. The largest absolute Gasteiger partial charge is 0.480 e. The second kappa shape index (κ2) is 7.51. The molecule has 1 N–H and O–H groups in total. The number of hydrogen-bond donors (Lipinski definition) is 1. The van der Waals surface area contributed by atoms with Gasteiger partial charge in [-0.1, -0.05) is 52.7 Å². The summed E-state index contributed by atoms with van der Waals surface area (Å²) in [6.07, 6.45) is 2.74. The smallest absolute Gasteiger partial charge is 0.320 e. The van der Waals surface area contributed by atoms with Crippen LogP contribution in [0.4, 0.5) is 0 Å². The second-order valence-corrected chi connectivity index (χ2v) is 8.76. The van der Waals surface area contributed by atoms with Crippen LogP contribution in [-0.4, -0.2) is 28.6 Å². The Morgan fingerprint density at radius 3 is 2.65 bits per heavy atom. The van der Waals surface area contributed by atoms with Gasteiger partial charge in [0.25, 0.3) is 0 Å². The number of piperidine rings is 1. The van der Waals surface area contributed by atoms with Gasteiger partial charge in [-0.2, -0.15) is 0 Å². The van der Waals surface area contributed by atoms with E-state index >= 15 is 0 Å². The maximum atomic E-state index is 11.9. The molecule has 3 nitrogen and oxygen atoms in total. The zero-order chi connectivity index (χ0) is 18.1. The Bertz CT molecular complexity index is 888. The van der Waals surface area contributed by atoms with E-state index in [-0.39, 0.29) is 6.04 Å². The molecule has 26 heavy (non-hydrogen) atoms. The molecule has 2 aromatic carbocycles. The third-order valence-corrected chi connectivity index (χ3v) is 6.76. The monoisotopic (exact) mass is 429 g/mol. The summed E-state index contributed by atoms with van der Waals surface area (Å²) >= 11 is 5.27. The fourth-order valence-corrected chi connectivity index (χ4v) is 5.31. The van der Waals surface area contributed by atoms with E-state index in [4.69, 9.17) is 0 Å². The van der Waals surface area contributed by atoms with Gasteiger partial charge in [-0.15, -0.1) is 11.3 Å². The van der Waals surface area contributed by atoms with E-state index < -0.39 is 12.0 Å². The number of halogens is 1. The summed E-state index contributed by atoms with van der Waals surface area (Å²) in [6.45, 7) is 0.811. The van der Waals surface area contributed by atoms with E-state index in [1.54, 1.807) is 11.3 Å². The van der Waals surface area contributed by atoms with Gasteiger partial charge in [0, 0.05) is 14.0 Å². The molecular formula is C21H20BrNO2S. The number of benzene rings is 2. The van der Waals surface area contributed by atoms with Gasteiger partial charge in [0.15, 0.2) is 0 Å². The van der Waals surface area contributed by atoms with Crippen molar-refractivity contribution in [3.05, 3.63) is 69.5 Å². The number of aliphatic carboxylic acids is 1. The van der Waals surface area contributed by atoms with Crippen LogP contribution in [0.1, 0.15) is 35.7 Å². The number of fused-ring (bicyclic) bond motifs is 1. The summed E-state index contributed by atoms with van der Waals surface area (Å²) < 4.78 is 2.28. The lowest BCUT2D eigenvalue weighted by Crippen LogP contribution is -2.46. The van der Waals surface area contributed by atoms with Gasteiger partial charge in [-0.25, -0.2) is 0 Å². The molecule has 0 saturated carbocycles. The lowest BCUT2D eigenvalue weighted by molar-refractivity contribution is -0.145. The van der Waals surface area contributed by atoms with Gasteiger partial charge in [0.1, 0.15) is 6.04 Å². The Balaban J connectivity index is 1.83. The summed E-state index contributed by atoms with van der Waals surface area (Å²) in [5.74, 6) is -0.715. The van der Waals surface area contributed by atoms with E-state index in [0.29, 0.717) is 6.42 Å². The molecule has 0 amide bonds. The Morgan fingerprint density at radius 2 is 1.92 bits per heavy atom. The van der Waals surface area contributed by atoms with E-state index in [0.717, 1.165) is 29.4 Å². The zero-order valence-electron chi connectivity index (χ0n) is 14.3. The van der Waals surface area contributed by atoms with Crippen molar-refractivity contribution in [2.24, 2.45) is 0 Å². The molecule has 1 aliphatic heterocycles. The normalized spacial score (nSPS) is 19.5. The minimum absolute atomic E-state index is 0.0260. The van der Waals surface area contributed by atoms with Gasteiger partial charge < -0.3 is 5.11 Å². The van der Waals surface area contributed by atoms with Gasteiger partial charge in [-0.3, -0.25) is 9.69 Å². The molecule has 0 spiro atoms. The lowest BCUT2D eigenvalue weighted by Gasteiger charge is -2.39. The maximum absolute atomic E-state index is 11.9. The number of thiophene rings is 1. The highest BCUT2D eigenvalue weighted by Gasteiger charge is 2.35. The highest BCUT2D eigenvalue weighted by atomic mass is 79.9. The van der Waals surface area contributed by atoms with Crippen molar-refractivity contribution in [2.45, 2.75) is 31.3 Å². The second-order valence-electron chi connectivity index (χ2n) is 6.73. The molecule has 3 aromatic rings. The molecule has 2 atom stereocenters. The Hall–Kier alpha value is -1.69. The zero-order valence-corrected chi connectivity index (χ0v) is 16.7. The van der Waals surface area contributed by atoms with Crippen LogP contribution < -0.4 is 0 Å². The van der Waals surface area contributed by atoms with Crippen LogP contribution in [0, 0.1) is 0 Å². The van der Waals surface area contributed by atoms with E-state index in [1.165, 1.54) is 15.0 Å². The molecule has 1 aromatic heterocycles. The summed E-state index contributed by atoms with van der Waals surface area (Å²) in [6, 6.07) is 18.4. The van der Waals surface area contributed by atoms with E-state index in [9.17, 15) is 9.90 Å². The van der Waals surface area contributed by atoms with Gasteiger partial charge in [-0.05, 0) is 54.6 Å². The number of rotatable bonds is 4. The molecule has 134 valence electrons. The predicted molar refractivity (Wildman–Crippen MR) is 110 cm³/mol. The van der Waals surface area contributed by atoms with Crippen molar-refractivity contribution < 1.29 is 9.90 Å². The quantitative estimate of drug-likeness (QED) is 0.578. The first-order valence-corrected chi connectivity index (χ1v) is 10.5. The molecule has 5 heteroatoms. The third-order valence-electron chi connectivity index (χ3n) is 5.06. The van der Waals surface area contributed by atoms with Crippen LogP contribution >= 0.6 is 27.3 Å². The van der Waals surface area contributed by atoms with E-state index in [1.807, 2.05) is 12.1 Å². The molecule has 0 bridgehead atoms. The molecular weight excluding hydrogens is 410 g/mol. The highest BCUT2D eigenvalue weighted by molar-refractivity contribution is 9.10. The minimum Gasteiger partial charge on any atom is -0.480 e. The number of nitrogens with zero attached hydrogens (tertiary/aromatic N) is 1. The molecule has 2 heterocycles. The van der Waals surface area contributed by atoms with Crippen LogP contribution in [-0.2, 0) is 4.79 Å². The molecule has 2 unspecified atom stereocenters. The summed E-state index contributed by atoms with van der Waals surface area (Å²) in [7, 11) is 0. The Morgan fingerprint density at radius 1 is 1.15 bits per heavy atom. The highest BCUT2D eigenvalue weighted by Crippen LogP contribution is 2.40. The van der Waals surface area contributed by atoms with Crippen LogP contribution in [0.25, 0.3) is 10.1 Å². The molecule has 0 radical (unpaired) electrons. The average molecular weight is 430 g/mol. The molecule has 1 aliphatic rings. The standard InChI is InChI=1S/C21H20BrNO2S/c22-16-10-8-14(9-11-16)20(23-12-4-3-6-17(23)21(24)25)19-13-15-5-1-2-7-18(15)26-19/h1-2,5,7-11,13,17,20H,3-4,6,12H2,(H,24,25).